The van der Waals surface area contributed by atoms with Crippen LogP contribution < -0.4 is 4.72 Å². The van der Waals surface area contributed by atoms with Crippen molar-refractivity contribution in [3.63, 3.8) is 0 Å². The topological polar surface area (TPSA) is 76.9 Å². The minimum absolute atomic E-state index is 0.0266. The number of aromatic nitrogens is 3. The maximum absolute atomic E-state index is 13.0. The number of nitrogens with zero attached hydrogens (tertiary/aromatic N) is 3. The molecule has 28 heavy (non-hydrogen) atoms. The summed E-state index contributed by atoms with van der Waals surface area (Å²) < 4.78 is 42.4. The van der Waals surface area contributed by atoms with Gasteiger partial charge in [0.1, 0.15) is 11.6 Å². The van der Waals surface area contributed by atoms with Crippen molar-refractivity contribution in [2.45, 2.75) is 11.4 Å². The van der Waals surface area contributed by atoms with Crippen molar-refractivity contribution < 1.29 is 12.8 Å². The van der Waals surface area contributed by atoms with Crippen molar-refractivity contribution in [2.75, 3.05) is 6.54 Å². The molecule has 1 N–H and O–H groups in total. The number of rotatable bonds is 6. The van der Waals surface area contributed by atoms with E-state index in [1.807, 2.05) is 41.0 Å². The average molecular weight is 396 g/mol. The van der Waals surface area contributed by atoms with Gasteiger partial charge in [0.05, 0.1) is 15.9 Å². The van der Waals surface area contributed by atoms with Crippen molar-refractivity contribution in [3.8, 4) is 11.4 Å². The number of hydrogen-bond donors (Lipinski definition) is 1. The molecular formula is C20H17FN4O2S. The first-order valence-electron chi connectivity index (χ1n) is 8.65. The van der Waals surface area contributed by atoms with Gasteiger partial charge in [-0.3, -0.25) is 4.98 Å². The van der Waals surface area contributed by atoms with E-state index in [0.717, 1.165) is 34.6 Å². The lowest BCUT2D eigenvalue weighted by Crippen LogP contribution is -2.27. The maximum Gasteiger partial charge on any atom is 0.240 e. The molecule has 0 atom stereocenters. The molecule has 4 aromatic rings. The molecule has 0 aliphatic rings. The van der Waals surface area contributed by atoms with Crippen molar-refractivity contribution >= 4 is 21.1 Å². The average Bonchev–Trinajstić information content (AvgIpc) is 3.08. The number of fused-ring (bicyclic) bond motifs is 1. The first-order chi connectivity index (χ1) is 13.5. The van der Waals surface area contributed by atoms with Gasteiger partial charge in [-0.2, -0.15) is 0 Å². The van der Waals surface area contributed by atoms with Gasteiger partial charge < -0.3 is 4.57 Å². The Bertz CT molecular complexity index is 1210. The molecule has 0 saturated heterocycles. The molecule has 0 spiro atoms. The number of para-hydroxylation sites is 2. The van der Waals surface area contributed by atoms with Crippen molar-refractivity contribution in [1.29, 1.82) is 0 Å². The summed E-state index contributed by atoms with van der Waals surface area (Å²) in [5, 5.41) is 0. The third-order valence-electron chi connectivity index (χ3n) is 4.34. The molecule has 0 unspecified atom stereocenters. The van der Waals surface area contributed by atoms with Crippen LogP contribution in [0.3, 0.4) is 0 Å². The molecule has 2 aromatic carbocycles. The summed E-state index contributed by atoms with van der Waals surface area (Å²) in [5.41, 5.74) is 2.64. The summed E-state index contributed by atoms with van der Waals surface area (Å²) >= 11 is 0. The van der Waals surface area contributed by atoms with E-state index in [2.05, 4.69) is 14.7 Å². The Balaban J connectivity index is 1.60. The Morgan fingerprint density at radius 2 is 1.68 bits per heavy atom. The standard InChI is InChI=1S/C20H17FN4O2S/c21-16-5-7-17(8-6-16)28(26,27)23-13-14-25-19-4-2-1-3-18(19)24-20(25)15-9-11-22-12-10-15/h1-12,23H,13-14H2. The summed E-state index contributed by atoms with van der Waals surface area (Å²) in [7, 11) is -3.72. The Morgan fingerprint density at radius 1 is 0.964 bits per heavy atom. The van der Waals surface area contributed by atoms with Crippen LogP contribution in [0.4, 0.5) is 4.39 Å². The molecular weight excluding hydrogens is 379 g/mol. The molecule has 0 bridgehead atoms. The zero-order valence-electron chi connectivity index (χ0n) is 14.8. The summed E-state index contributed by atoms with van der Waals surface area (Å²) in [6.07, 6.45) is 3.38. The normalized spacial score (nSPS) is 11.8. The number of pyridine rings is 1. The number of halogens is 1. The Morgan fingerprint density at radius 3 is 2.43 bits per heavy atom. The van der Waals surface area contributed by atoms with Crippen LogP contribution in [0.2, 0.25) is 0 Å². The molecule has 142 valence electrons. The monoisotopic (exact) mass is 396 g/mol. The minimum atomic E-state index is -3.72. The number of hydrogen-bond acceptors (Lipinski definition) is 4. The molecule has 0 radical (unpaired) electrons. The maximum atomic E-state index is 13.0. The highest BCUT2D eigenvalue weighted by Gasteiger charge is 2.16. The fourth-order valence-corrected chi connectivity index (χ4v) is 4.03. The number of benzene rings is 2. The second kappa shape index (κ2) is 7.49. The van der Waals surface area contributed by atoms with E-state index in [1.165, 1.54) is 12.1 Å². The van der Waals surface area contributed by atoms with E-state index >= 15 is 0 Å². The van der Waals surface area contributed by atoms with Gasteiger partial charge in [-0.1, -0.05) is 12.1 Å². The lowest BCUT2D eigenvalue weighted by molar-refractivity contribution is 0.574. The van der Waals surface area contributed by atoms with Crippen LogP contribution in [0.1, 0.15) is 0 Å². The molecule has 0 fully saturated rings. The molecule has 6 nitrogen and oxygen atoms in total. The fourth-order valence-electron chi connectivity index (χ4n) is 3.01. The summed E-state index contributed by atoms with van der Waals surface area (Å²) in [6.45, 7) is 0.552. The molecule has 2 aromatic heterocycles. The van der Waals surface area contributed by atoms with Crippen LogP contribution in [0.15, 0.2) is 78.0 Å². The van der Waals surface area contributed by atoms with Gasteiger partial charge in [-0.15, -0.1) is 0 Å². The van der Waals surface area contributed by atoms with Crippen molar-refractivity contribution in [2.24, 2.45) is 0 Å². The third kappa shape index (κ3) is 3.64. The van der Waals surface area contributed by atoms with Crippen LogP contribution in [0, 0.1) is 5.82 Å². The molecule has 0 saturated carbocycles. The molecule has 0 aliphatic carbocycles. The van der Waals surface area contributed by atoms with E-state index in [9.17, 15) is 12.8 Å². The third-order valence-corrected chi connectivity index (χ3v) is 5.82. The number of nitrogens with one attached hydrogen (secondary N) is 1. The van der Waals surface area contributed by atoms with E-state index in [1.54, 1.807) is 12.4 Å². The van der Waals surface area contributed by atoms with Gasteiger partial charge in [0, 0.05) is 31.0 Å². The van der Waals surface area contributed by atoms with Crippen molar-refractivity contribution in [3.05, 3.63) is 78.9 Å². The second-order valence-electron chi connectivity index (χ2n) is 6.16. The Labute approximate surface area is 161 Å². The summed E-state index contributed by atoms with van der Waals surface area (Å²) in [5.74, 6) is 0.260. The zero-order valence-corrected chi connectivity index (χ0v) is 15.6. The second-order valence-corrected chi connectivity index (χ2v) is 7.93. The smallest absolute Gasteiger partial charge is 0.240 e. The molecule has 4 rings (SSSR count). The lowest BCUT2D eigenvalue weighted by Gasteiger charge is -2.11. The molecule has 8 heteroatoms. The largest absolute Gasteiger partial charge is 0.323 e. The SMILES string of the molecule is O=S(=O)(NCCn1c(-c2ccncc2)nc2ccccc21)c1ccc(F)cc1. The van der Waals surface area contributed by atoms with Gasteiger partial charge >= 0.3 is 0 Å². The van der Waals surface area contributed by atoms with Gasteiger partial charge in [-0.05, 0) is 48.5 Å². The van der Waals surface area contributed by atoms with E-state index in [4.69, 9.17) is 0 Å². The predicted octanol–water partition coefficient (Wildman–Crippen LogP) is 3.22. The number of sulfonamides is 1. The fraction of sp³-hybridized carbons (Fsp3) is 0.100. The van der Waals surface area contributed by atoms with Crippen molar-refractivity contribution in [1.82, 2.24) is 19.3 Å². The highest BCUT2D eigenvalue weighted by atomic mass is 32.2. The molecule has 0 amide bonds. The van der Waals surface area contributed by atoms with Crippen LogP contribution in [0.25, 0.3) is 22.4 Å². The summed E-state index contributed by atoms with van der Waals surface area (Å²) in [6, 6.07) is 16.1. The molecule has 2 heterocycles. The van der Waals surface area contributed by atoms with Crippen LogP contribution >= 0.6 is 0 Å². The highest BCUT2D eigenvalue weighted by molar-refractivity contribution is 7.89. The van der Waals surface area contributed by atoms with Crippen LogP contribution in [-0.4, -0.2) is 29.5 Å². The van der Waals surface area contributed by atoms with Gasteiger partial charge in [0.25, 0.3) is 0 Å². The summed E-state index contributed by atoms with van der Waals surface area (Å²) in [4.78, 5) is 8.74. The van der Waals surface area contributed by atoms with Gasteiger partial charge in [-0.25, -0.2) is 22.5 Å². The van der Waals surface area contributed by atoms with Gasteiger partial charge in [0.15, 0.2) is 0 Å². The highest BCUT2D eigenvalue weighted by Crippen LogP contribution is 2.24. The zero-order chi connectivity index (χ0) is 19.6. The van der Waals surface area contributed by atoms with Crippen LogP contribution in [-0.2, 0) is 16.6 Å². The van der Waals surface area contributed by atoms with E-state index in [-0.39, 0.29) is 11.4 Å². The van der Waals surface area contributed by atoms with E-state index in [0.29, 0.717) is 6.54 Å². The molecule has 0 aliphatic heterocycles. The Kier molecular flexibility index (Phi) is 4.89. The number of imidazole rings is 1. The lowest BCUT2D eigenvalue weighted by atomic mass is 10.2. The van der Waals surface area contributed by atoms with E-state index < -0.39 is 15.8 Å². The van der Waals surface area contributed by atoms with Crippen LogP contribution in [0.5, 0.6) is 0 Å². The quantitative estimate of drug-likeness (QED) is 0.543. The first-order valence-corrected chi connectivity index (χ1v) is 10.1. The first kappa shape index (κ1) is 18.3. The predicted molar refractivity (Wildman–Crippen MR) is 105 cm³/mol. The minimum Gasteiger partial charge on any atom is -0.323 e. The Hall–Kier alpha value is -3.10. The van der Waals surface area contributed by atoms with Gasteiger partial charge in [0.2, 0.25) is 10.0 Å².